The summed E-state index contributed by atoms with van der Waals surface area (Å²) in [6.07, 6.45) is 2.40. The second-order valence-electron chi connectivity index (χ2n) is 5.06. The first-order chi connectivity index (χ1) is 10.1. The van der Waals surface area contributed by atoms with Crippen LogP contribution in [-0.4, -0.2) is 35.1 Å². The van der Waals surface area contributed by atoms with E-state index in [9.17, 15) is 9.59 Å². The number of nitrogens with one attached hydrogen (secondary N) is 3. The van der Waals surface area contributed by atoms with Crippen molar-refractivity contribution in [2.24, 2.45) is 5.92 Å². The molecule has 0 saturated heterocycles. The van der Waals surface area contributed by atoms with E-state index in [0.717, 1.165) is 10.9 Å². The van der Waals surface area contributed by atoms with Gasteiger partial charge in [0.25, 0.3) is 0 Å². The molecule has 2 aromatic rings. The number of amides is 2. The fourth-order valence-electron chi connectivity index (χ4n) is 1.99. The third-order valence-electron chi connectivity index (χ3n) is 3.25. The maximum absolute atomic E-state index is 11.8. The Bertz CT molecular complexity index is 636. The summed E-state index contributed by atoms with van der Waals surface area (Å²) in [4.78, 5) is 26.5. The number of rotatable bonds is 5. The third-order valence-corrected chi connectivity index (χ3v) is 3.25. The summed E-state index contributed by atoms with van der Waals surface area (Å²) in [6.45, 7) is 2.33. The van der Waals surface area contributed by atoms with E-state index < -0.39 is 11.8 Å². The molecule has 0 aliphatic rings. The third kappa shape index (κ3) is 4.06. The van der Waals surface area contributed by atoms with Crippen LogP contribution in [0.15, 0.2) is 30.5 Å². The summed E-state index contributed by atoms with van der Waals surface area (Å²) in [5, 5.41) is 14.9. The number of carbonyl (C=O) groups excluding carboxylic acids is 2. The van der Waals surface area contributed by atoms with E-state index >= 15 is 0 Å². The highest BCUT2D eigenvalue weighted by molar-refractivity contribution is 6.39. The Morgan fingerprint density at radius 3 is 2.86 bits per heavy atom. The molecule has 2 rings (SSSR count). The van der Waals surface area contributed by atoms with Crippen LogP contribution in [0.2, 0.25) is 0 Å². The average Bonchev–Trinajstić information content (AvgIpc) is 2.92. The largest absolute Gasteiger partial charge is 0.396 e. The van der Waals surface area contributed by atoms with Crippen molar-refractivity contribution in [2.75, 3.05) is 18.5 Å². The quantitative estimate of drug-likeness (QED) is 0.624. The van der Waals surface area contributed by atoms with Gasteiger partial charge in [0.05, 0.1) is 0 Å². The van der Waals surface area contributed by atoms with Crippen molar-refractivity contribution in [3.8, 4) is 0 Å². The number of fused-ring (bicyclic) bond motifs is 1. The summed E-state index contributed by atoms with van der Waals surface area (Å²) in [5.74, 6) is -1.24. The number of benzene rings is 1. The van der Waals surface area contributed by atoms with E-state index in [0.29, 0.717) is 18.7 Å². The first-order valence-electron chi connectivity index (χ1n) is 6.87. The number of aromatic amines is 1. The zero-order valence-electron chi connectivity index (χ0n) is 11.8. The van der Waals surface area contributed by atoms with Gasteiger partial charge < -0.3 is 20.7 Å². The lowest BCUT2D eigenvalue weighted by atomic mass is 10.1. The minimum absolute atomic E-state index is 0.0694. The topological polar surface area (TPSA) is 94.2 Å². The molecule has 6 heteroatoms. The molecule has 0 bridgehead atoms. The van der Waals surface area contributed by atoms with Gasteiger partial charge in [0.2, 0.25) is 0 Å². The Morgan fingerprint density at radius 1 is 1.29 bits per heavy atom. The van der Waals surface area contributed by atoms with E-state index in [4.69, 9.17) is 5.11 Å². The van der Waals surface area contributed by atoms with Crippen molar-refractivity contribution in [1.29, 1.82) is 0 Å². The maximum Gasteiger partial charge on any atom is 0.313 e. The molecule has 1 unspecified atom stereocenters. The van der Waals surface area contributed by atoms with E-state index in [-0.39, 0.29) is 12.5 Å². The van der Waals surface area contributed by atoms with Crippen molar-refractivity contribution < 1.29 is 14.7 Å². The molecule has 112 valence electrons. The predicted molar refractivity (Wildman–Crippen MR) is 80.8 cm³/mol. The highest BCUT2D eigenvalue weighted by Gasteiger charge is 2.14. The number of aromatic nitrogens is 1. The van der Waals surface area contributed by atoms with Crippen LogP contribution < -0.4 is 10.6 Å². The van der Waals surface area contributed by atoms with Gasteiger partial charge in [-0.3, -0.25) is 9.59 Å². The van der Waals surface area contributed by atoms with Crippen molar-refractivity contribution in [2.45, 2.75) is 13.3 Å². The Balaban J connectivity index is 1.89. The lowest BCUT2D eigenvalue weighted by Gasteiger charge is -2.11. The Hall–Kier alpha value is -2.34. The van der Waals surface area contributed by atoms with Gasteiger partial charge in [-0.2, -0.15) is 0 Å². The van der Waals surface area contributed by atoms with Crippen molar-refractivity contribution in [3.63, 3.8) is 0 Å². The van der Waals surface area contributed by atoms with Crippen molar-refractivity contribution in [3.05, 3.63) is 30.5 Å². The second-order valence-corrected chi connectivity index (χ2v) is 5.06. The van der Waals surface area contributed by atoms with Gasteiger partial charge in [-0.05, 0) is 36.6 Å². The summed E-state index contributed by atoms with van der Waals surface area (Å²) < 4.78 is 0. The summed E-state index contributed by atoms with van der Waals surface area (Å²) in [7, 11) is 0. The van der Waals surface area contributed by atoms with E-state index in [1.807, 2.05) is 25.3 Å². The van der Waals surface area contributed by atoms with Crippen LogP contribution in [0.1, 0.15) is 13.3 Å². The molecule has 0 aliphatic carbocycles. The number of aliphatic hydroxyl groups is 1. The molecule has 0 fully saturated rings. The van der Waals surface area contributed by atoms with Crippen molar-refractivity contribution in [1.82, 2.24) is 10.3 Å². The number of carbonyl (C=O) groups is 2. The molecular formula is C15H19N3O3. The minimum atomic E-state index is -0.693. The lowest BCUT2D eigenvalue weighted by molar-refractivity contribution is -0.136. The standard InChI is InChI=1S/C15H19N3O3/c1-10(5-7-19)9-17-14(20)15(21)18-12-2-3-13-11(8-12)4-6-16-13/h2-4,6,8,10,16,19H,5,7,9H2,1H3,(H,17,20)(H,18,21). The van der Waals surface area contributed by atoms with Gasteiger partial charge in [0.15, 0.2) is 0 Å². The van der Waals surface area contributed by atoms with Crippen LogP contribution >= 0.6 is 0 Å². The number of H-pyrrole nitrogens is 1. The SMILES string of the molecule is CC(CCO)CNC(=O)C(=O)Nc1ccc2[nH]ccc2c1. The van der Waals surface area contributed by atoms with Crippen LogP contribution in [-0.2, 0) is 9.59 Å². The second kappa shape index (κ2) is 6.90. The molecule has 1 aromatic carbocycles. The molecule has 1 atom stereocenters. The van der Waals surface area contributed by atoms with Crippen LogP contribution in [0.25, 0.3) is 10.9 Å². The summed E-state index contributed by atoms with van der Waals surface area (Å²) in [6, 6.07) is 7.26. The molecule has 0 spiro atoms. The molecule has 0 aliphatic heterocycles. The van der Waals surface area contributed by atoms with Crippen LogP contribution in [0, 0.1) is 5.92 Å². The first-order valence-corrected chi connectivity index (χ1v) is 6.87. The van der Waals surface area contributed by atoms with Crippen LogP contribution in [0.4, 0.5) is 5.69 Å². The fourth-order valence-corrected chi connectivity index (χ4v) is 1.99. The molecule has 21 heavy (non-hydrogen) atoms. The molecule has 0 saturated carbocycles. The minimum Gasteiger partial charge on any atom is -0.396 e. The molecular weight excluding hydrogens is 270 g/mol. The number of anilines is 1. The van der Waals surface area contributed by atoms with E-state index in [1.54, 1.807) is 12.1 Å². The predicted octanol–water partition coefficient (Wildman–Crippen LogP) is 1.24. The number of hydrogen-bond acceptors (Lipinski definition) is 3. The van der Waals surface area contributed by atoms with Gasteiger partial charge in [0, 0.05) is 35.9 Å². The molecule has 2 amide bonds. The monoisotopic (exact) mass is 289 g/mol. The van der Waals surface area contributed by atoms with Gasteiger partial charge >= 0.3 is 11.8 Å². The maximum atomic E-state index is 11.8. The Morgan fingerprint density at radius 2 is 2.10 bits per heavy atom. The van der Waals surface area contributed by atoms with Gasteiger partial charge in [0.1, 0.15) is 0 Å². The highest BCUT2D eigenvalue weighted by atomic mass is 16.3. The average molecular weight is 289 g/mol. The molecule has 1 aromatic heterocycles. The Kier molecular flexibility index (Phi) is 4.94. The summed E-state index contributed by atoms with van der Waals surface area (Å²) in [5.41, 5.74) is 1.54. The van der Waals surface area contributed by atoms with E-state index in [1.165, 1.54) is 0 Å². The van der Waals surface area contributed by atoms with E-state index in [2.05, 4.69) is 15.6 Å². The first kappa shape index (κ1) is 15.1. The molecule has 6 nitrogen and oxygen atoms in total. The smallest absolute Gasteiger partial charge is 0.313 e. The lowest BCUT2D eigenvalue weighted by Crippen LogP contribution is -2.37. The summed E-state index contributed by atoms with van der Waals surface area (Å²) >= 11 is 0. The zero-order valence-corrected chi connectivity index (χ0v) is 11.8. The fraction of sp³-hybridized carbons (Fsp3) is 0.333. The van der Waals surface area contributed by atoms with Crippen LogP contribution in [0.5, 0.6) is 0 Å². The number of aliphatic hydroxyl groups excluding tert-OH is 1. The molecule has 1 heterocycles. The zero-order chi connectivity index (χ0) is 15.2. The molecule has 4 N–H and O–H groups in total. The Labute approximate surface area is 122 Å². The molecule has 0 radical (unpaired) electrons. The van der Waals surface area contributed by atoms with Gasteiger partial charge in [-0.1, -0.05) is 6.92 Å². The normalized spacial score (nSPS) is 12.1. The van der Waals surface area contributed by atoms with Gasteiger partial charge in [-0.25, -0.2) is 0 Å². The van der Waals surface area contributed by atoms with Gasteiger partial charge in [-0.15, -0.1) is 0 Å². The highest BCUT2D eigenvalue weighted by Crippen LogP contribution is 2.17. The number of hydrogen-bond donors (Lipinski definition) is 4. The van der Waals surface area contributed by atoms with Crippen molar-refractivity contribution >= 4 is 28.4 Å². The van der Waals surface area contributed by atoms with Crippen LogP contribution in [0.3, 0.4) is 0 Å².